The molecule has 78 valence electrons. The Morgan fingerprint density at radius 1 is 1.08 bits per heavy atom. The highest BCUT2D eigenvalue weighted by Gasteiger charge is 2.12. The summed E-state index contributed by atoms with van der Waals surface area (Å²) in [6.07, 6.45) is 8.64. The highest BCUT2D eigenvalue weighted by molar-refractivity contribution is 4.89. The number of hydrogen-bond donors (Lipinski definition) is 0. The number of hydrogen-bond acceptors (Lipinski definition) is 0. The van der Waals surface area contributed by atoms with E-state index in [1.807, 2.05) is 0 Å². The third-order valence-electron chi connectivity index (χ3n) is 3.04. The summed E-state index contributed by atoms with van der Waals surface area (Å²) in [6.45, 7) is 11.5. The molecule has 2 unspecified atom stereocenters. The van der Waals surface area contributed by atoms with Gasteiger partial charge in [-0.2, -0.15) is 0 Å². The number of rotatable bonds is 6. The molecule has 0 amide bonds. The zero-order chi connectivity index (χ0) is 10.3. The van der Waals surface area contributed by atoms with Crippen LogP contribution in [0.5, 0.6) is 0 Å². The maximum Gasteiger partial charge on any atom is -0.0234 e. The second-order valence-corrected chi connectivity index (χ2v) is 4.53. The third kappa shape index (κ3) is 5.90. The van der Waals surface area contributed by atoms with Crippen LogP contribution in [0.4, 0.5) is 0 Å². The molecule has 0 rings (SSSR count). The lowest BCUT2D eigenvalue weighted by Gasteiger charge is -2.20. The third-order valence-corrected chi connectivity index (χ3v) is 3.04. The van der Waals surface area contributed by atoms with Crippen LogP contribution in [0, 0.1) is 17.8 Å². The van der Waals surface area contributed by atoms with Gasteiger partial charge in [-0.05, 0) is 24.2 Å². The smallest absolute Gasteiger partial charge is 0.0234 e. The Hall–Kier alpha value is -0.260. The first kappa shape index (κ1) is 12.7. The SMILES string of the molecule is CCCCC=CC(C)C(C)C(C)C. The van der Waals surface area contributed by atoms with Gasteiger partial charge in [0.1, 0.15) is 0 Å². The molecular formula is C13H26. The topological polar surface area (TPSA) is 0 Å². The van der Waals surface area contributed by atoms with E-state index in [2.05, 4.69) is 46.8 Å². The van der Waals surface area contributed by atoms with Gasteiger partial charge in [-0.1, -0.05) is 59.6 Å². The van der Waals surface area contributed by atoms with E-state index in [1.165, 1.54) is 19.3 Å². The first-order valence-corrected chi connectivity index (χ1v) is 5.76. The lowest BCUT2D eigenvalue weighted by molar-refractivity contribution is 0.342. The predicted octanol–water partition coefficient (Wildman–Crippen LogP) is 4.66. The monoisotopic (exact) mass is 182 g/mol. The molecule has 0 aromatic rings. The standard InChI is InChI=1S/C13H26/c1-6-7-8-9-10-12(4)13(5)11(2)3/h9-13H,6-8H2,1-5H3. The molecule has 0 spiro atoms. The largest absolute Gasteiger partial charge is 0.0883 e. The molecule has 13 heavy (non-hydrogen) atoms. The molecule has 0 N–H and O–H groups in total. The quantitative estimate of drug-likeness (QED) is 0.414. The molecule has 0 aliphatic rings. The van der Waals surface area contributed by atoms with Crippen LogP contribution in [-0.2, 0) is 0 Å². The average molecular weight is 182 g/mol. The van der Waals surface area contributed by atoms with Crippen molar-refractivity contribution in [1.82, 2.24) is 0 Å². The summed E-state index contributed by atoms with van der Waals surface area (Å²) in [5.41, 5.74) is 0. The van der Waals surface area contributed by atoms with Gasteiger partial charge in [0.25, 0.3) is 0 Å². The second kappa shape index (κ2) is 7.17. The molecule has 0 bridgehead atoms. The molecule has 0 nitrogen and oxygen atoms in total. The molecule has 0 fully saturated rings. The molecule has 0 aliphatic heterocycles. The number of allylic oxidation sites excluding steroid dienone is 2. The van der Waals surface area contributed by atoms with Crippen LogP contribution in [0.1, 0.15) is 53.9 Å². The normalized spacial score (nSPS) is 16.8. The Labute approximate surface area is 84.4 Å². The molecule has 0 aromatic heterocycles. The summed E-state index contributed by atoms with van der Waals surface area (Å²) in [5, 5.41) is 0. The Balaban J connectivity index is 3.71. The van der Waals surface area contributed by atoms with Gasteiger partial charge in [0.05, 0.1) is 0 Å². The predicted molar refractivity (Wildman–Crippen MR) is 61.8 cm³/mol. The fraction of sp³-hybridized carbons (Fsp3) is 0.846. The lowest BCUT2D eigenvalue weighted by Crippen LogP contribution is -2.11. The van der Waals surface area contributed by atoms with E-state index < -0.39 is 0 Å². The minimum atomic E-state index is 0.733. The van der Waals surface area contributed by atoms with Crippen molar-refractivity contribution >= 4 is 0 Å². The average Bonchev–Trinajstić information content (AvgIpc) is 2.10. The van der Waals surface area contributed by atoms with E-state index in [0.29, 0.717) is 0 Å². The van der Waals surface area contributed by atoms with Gasteiger partial charge in [-0.3, -0.25) is 0 Å². The first-order chi connectivity index (χ1) is 6.09. The van der Waals surface area contributed by atoms with E-state index >= 15 is 0 Å². The van der Waals surface area contributed by atoms with E-state index in [-0.39, 0.29) is 0 Å². The zero-order valence-electron chi connectivity index (χ0n) is 10.0. The van der Waals surface area contributed by atoms with Crippen LogP contribution in [0.15, 0.2) is 12.2 Å². The van der Waals surface area contributed by atoms with Crippen LogP contribution >= 0.6 is 0 Å². The van der Waals surface area contributed by atoms with Gasteiger partial charge in [-0.15, -0.1) is 0 Å². The maximum atomic E-state index is 2.39. The minimum Gasteiger partial charge on any atom is -0.0883 e. The highest BCUT2D eigenvalue weighted by Crippen LogP contribution is 2.21. The van der Waals surface area contributed by atoms with Gasteiger partial charge in [-0.25, -0.2) is 0 Å². The Morgan fingerprint density at radius 3 is 2.15 bits per heavy atom. The molecule has 2 atom stereocenters. The van der Waals surface area contributed by atoms with Crippen molar-refractivity contribution in [2.24, 2.45) is 17.8 Å². The van der Waals surface area contributed by atoms with Crippen molar-refractivity contribution in [3.8, 4) is 0 Å². The molecule has 0 aliphatic carbocycles. The summed E-state index contributed by atoms with van der Waals surface area (Å²) >= 11 is 0. The molecule has 0 heterocycles. The highest BCUT2D eigenvalue weighted by atomic mass is 14.2. The van der Waals surface area contributed by atoms with Crippen molar-refractivity contribution in [3.05, 3.63) is 12.2 Å². The van der Waals surface area contributed by atoms with Gasteiger partial charge < -0.3 is 0 Å². The summed E-state index contributed by atoms with van der Waals surface area (Å²) in [7, 11) is 0. The molecule has 0 saturated heterocycles. The summed E-state index contributed by atoms with van der Waals surface area (Å²) < 4.78 is 0. The Kier molecular flexibility index (Phi) is 7.03. The van der Waals surface area contributed by atoms with Gasteiger partial charge >= 0.3 is 0 Å². The Bertz CT molecular complexity index is 133. The fourth-order valence-electron chi connectivity index (χ4n) is 1.42. The lowest BCUT2D eigenvalue weighted by atomic mass is 9.86. The van der Waals surface area contributed by atoms with Crippen molar-refractivity contribution in [1.29, 1.82) is 0 Å². The van der Waals surface area contributed by atoms with E-state index in [0.717, 1.165) is 17.8 Å². The van der Waals surface area contributed by atoms with Crippen molar-refractivity contribution in [2.75, 3.05) is 0 Å². The maximum absolute atomic E-state index is 2.39. The molecule has 0 radical (unpaired) electrons. The van der Waals surface area contributed by atoms with Crippen LogP contribution in [0.2, 0.25) is 0 Å². The van der Waals surface area contributed by atoms with Gasteiger partial charge in [0, 0.05) is 0 Å². The van der Waals surface area contributed by atoms with Crippen LogP contribution in [-0.4, -0.2) is 0 Å². The molecule has 0 heteroatoms. The number of unbranched alkanes of at least 4 members (excludes halogenated alkanes) is 2. The van der Waals surface area contributed by atoms with Crippen molar-refractivity contribution in [2.45, 2.75) is 53.9 Å². The summed E-state index contributed by atoms with van der Waals surface area (Å²) in [6, 6.07) is 0. The van der Waals surface area contributed by atoms with Crippen molar-refractivity contribution in [3.63, 3.8) is 0 Å². The van der Waals surface area contributed by atoms with Crippen LogP contribution < -0.4 is 0 Å². The second-order valence-electron chi connectivity index (χ2n) is 4.53. The van der Waals surface area contributed by atoms with Gasteiger partial charge in [0.2, 0.25) is 0 Å². The van der Waals surface area contributed by atoms with Crippen LogP contribution in [0.3, 0.4) is 0 Å². The van der Waals surface area contributed by atoms with Gasteiger partial charge in [0.15, 0.2) is 0 Å². The van der Waals surface area contributed by atoms with E-state index in [9.17, 15) is 0 Å². The molecule has 0 saturated carbocycles. The summed E-state index contributed by atoms with van der Waals surface area (Å²) in [5.74, 6) is 2.33. The first-order valence-electron chi connectivity index (χ1n) is 5.76. The van der Waals surface area contributed by atoms with E-state index in [4.69, 9.17) is 0 Å². The Morgan fingerprint density at radius 2 is 1.69 bits per heavy atom. The van der Waals surface area contributed by atoms with Crippen molar-refractivity contribution < 1.29 is 0 Å². The summed E-state index contributed by atoms with van der Waals surface area (Å²) in [4.78, 5) is 0. The zero-order valence-corrected chi connectivity index (χ0v) is 10.0. The molecule has 0 aromatic carbocycles. The fourth-order valence-corrected chi connectivity index (χ4v) is 1.42. The minimum absolute atomic E-state index is 0.733. The molecular weight excluding hydrogens is 156 g/mol. The van der Waals surface area contributed by atoms with Crippen LogP contribution in [0.25, 0.3) is 0 Å². The van der Waals surface area contributed by atoms with E-state index in [1.54, 1.807) is 0 Å².